The van der Waals surface area contributed by atoms with Gasteiger partial charge in [0.25, 0.3) is 0 Å². The lowest BCUT2D eigenvalue weighted by molar-refractivity contribution is -0.158. The quantitative estimate of drug-likeness (QED) is 0.329. The van der Waals surface area contributed by atoms with Crippen molar-refractivity contribution in [2.45, 2.75) is 61.0 Å². The van der Waals surface area contributed by atoms with Crippen molar-refractivity contribution in [2.75, 3.05) is 7.11 Å². The lowest BCUT2D eigenvalue weighted by Gasteiger charge is -2.39. The molecule has 4 nitrogen and oxygen atoms in total. The summed E-state index contributed by atoms with van der Waals surface area (Å²) in [5.74, 6) is -1.01. The van der Waals surface area contributed by atoms with Crippen LogP contribution >= 0.6 is 0 Å². The molecule has 0 bridgehead atoms. The predicted octanol–water partition coefficient (Wildman–Crippen LogP) is 4.21. The minimum absolute atomic E-state index is 0.204. The van der Waals surface area contributed by atoms with Crippen molar-refractivity contribution in [1.29, 1.82) is 0 Å². The molecular weight excluding hydrogens is 292 g/mol. The average Bonchev–Trinajstić information content (AvgIpc) is 2.40. The van der Waals surface area contributed by atoms with Crippen molar-refractivity contribution in [2.24, 2.45) is 10.8 Å². The molecule has 0 aliphatic rings. The Kier molecular flexibility index (Phi) is 7.53. The van der Waals surface area contributed by atoms with E-state index >= 15 is 0 Å². The van der Waals surface area contributed by atoms with E-state index in [-0.39, 0.29) is 34.5 Å². The van der Waals surface area contributed by atoms with Crippen LogP contribution in [0.5, 0.6) is 0 Å². The molecule has 0 heterocycles. The molecule has 0 saturated heterocycles. The van der Waals surface area contributed by atoms with Crippen LogP contribution < -0.4 is 0 Å². The highest BCUT2D eigenvalue weighted by Crippen LogP contribution is 2.36. The number of hydrogen-bond acceptors (Lipinski definition) is 4. The van der Waals surface area contributed by atoms with E-state index in [9.17, 15) is 9.59 Å². The van der Waals surface area contributed by atoms with Gasteiger partial charge in [-0.3, -0.25) is 0 Å². The Balaban J connectivity index is 5.61. The van der Waals surface area contributed by atoms with Crippen LogP contribution in [0.15, 0.2) is 29.5 Å². The van der Waals surface area contributed by atoms with Crippen molar-refractivity contribution in [3.05, 3.63) is 29.5 Å². The van der Waals surface area contributed by atoms with Crippen LogP contribution in [-0.2, 0) is 19.1 Å². The summed E-state index contributed by atoms with van der Waals surface area (Å²) in [5.41, 5.74) is 2.87. The molecule has 0 aromatic carbocycles. The molecule has 0 aromatic heterocycles. The first-order chi connectivity index (χ1) is 10.3. The van der Waals surface area contributed by atoms with Crippen LogP contribution in [0, 0.1) is 10.8 Å². The molecule has 130 valence electrons. The fourth-order valence-corrected chi connectivity index (χ4v) is 2.58. The standard InChI is InChI=1S/C19H30O4/c1-10-11-14(16(21)22-9)12-13(2)15(20)23-17(18(3,4)5)19(6,7)8/h10,17H,1,11H2,2-9H3. The summed E-state index contributed by atoms with van der Waals surface area (Å²) in [6, 6.07) is 0. The maximum absolute atomic E-state index is 12.4. The number of allylic oxidation sites excluding steroid dienone is 1. The third kappa shape index (κ3) is 6.87. The summed E-state index contributed by atoms with van der Waals surface area (Å²) >= 11 is 0. The van der Waals surface area contributed by atoms with Gasteiger partial charge in [0.2, 0.25) is 0 Å². The zero-order valence-electron chi connectivity index (χ0n) is 15.7. The zero-order chi connectivity index (χ0) is 18.4. The third-order valence-corrected chi connectivity index (χ3v) is 3.22. The second-order valence-electron chi connectivity index (χ2n) is 7.73. The normalized spacial score (nSPS) is 11.5. The van der Waals surface area contributed by atoms with Crippen molar-refractivity contribution in [1.82, 2.24) is 0 Å². The Bertz CT molecular complexity index is 507. The van der Waals surface area contributed by atoms with Crippen LogP contribution in [0.2, 0.25) is 0 Å². The first-order valence-corrected chi connectivity index (χ1v) is 7.71. The van der Waals surface area contributed by atoms with Gasteiger partial charge in [0.05, 0.1) is 18.3 Å². The SMILES string of the molecule is C=CCC(=C=C(C)C(=O)OC(C(C)(C)C)C(C)(C)C)C(=O)OC. The van der Waals surface area contributed by atoms with Crippen LogP contribution in [0.1, 0.15) is 54.9 Å². The molecule has 4 heteroatoms. The Morgan fingerprint density at radius 1 is 1.09 bits per heavy atom. The molecule has 0 spiro atoms. The van der Waals surface area contributed by atoms with E-state index in [0.29, 0.717) is 0 Å². The van der Waals surface area contributed by atoms with Crippen molar-refractivity contribution >= 4 is 11.9 Å². The molecule has 0 amide bonds. The van der Waals surface area contributed by atoms with Crippen molar-refractivity contribution in [3.8, 4) is 0 Å². The average molecular weight is 322 g/mol. The van der Waals surface area contributed by atoms with E-state index in [1.807, 2.05) is 41.5 Å². The molecule has 23 heavy (non-hydrogen) atoms. The summed E-state index contributed by atoms with van der Waals surface area (Å²) in [7, 11) is 1.29. The summed E-state index contributed by atoms with van der Waals surface area (Å²) in [4.78, 5) is 24.1. The predicted molar refractivity (Wildman–Crippen MR) is 91.8 cm³/mol. The van der Waals surface area contributed by atoms with Gasteiger partial charge in [-0.05, 0) is 17.8 Å². The Hall–Kier alpha value is -1.80. The Morgan fingerprint density at radius 3 is 1.91 bits per heavy atom. The molecule has 0 saturated carbocycles. The van der Waals surface area contributed by atoms with Crippen LogP contribution in [0.25, 0.3) is 0 Å². The van der Waals surface area contributed by atoms with Crippen LogP contribution in [0.3, 0.4) is 0 Å². The largest absolute Gasteiger partial charge is 0.465 e. The van der Waals surface area contributed by atoms with E-state index in [2.05, 4.69) is 17.0 Å². The topological polar surface area (TPSA) is 52.6 Å². The molecular formula is C19H30O4. The molecule has 0 aliphatic carbocycles. The van der Waals surface area contributed by atoms with Crippen LogP contribution in [-0.4, -0.2) is 25.2 Å². The molecule has 0 aromatic rings. The summed E-state index contributed by atoms with van der Waals surface area (Å²) in [5, 5.41) is 0. The molecule has 0 fully saturated rings. The van der Waals surface area contributed by atoms with Gasteiger partial charge in [0.15, 0.2) is 0 Å². The fraction of sp³-hybridized carbons (Fsp3) is 0.632. The van der Waals surface area contributed by atoms with E-state index in [1.54, 1.807) is 13.0 Å². The van der Waals surface area contributed by atoms with E-state index < -0.39 is 11.9 Å². The lowest BCUT2D eigenvalue weighted by atomic mass is 9.74. The van der Waals surface area contributed by atoms with Gasteiger partial charge in [-0.15, -0.1) is 6.58 Å². The molecule has 0 aliphatic heterocycles. The smallest absolute Gasteiger partial charge is 0.341 e. The van der Waals surface area contributed by atoms with Gasteiger partial charge in [0, 0.05) is 6.42 Å². The molecule has 0 radical (unpaired) electrons. The molecule has 0 rings (SSSR count). The second kappa shape index (κ2) is 8.16. The monoisotopic (exact) mass is 322 g/mol. The number of rotatable bonds is 5. The zero-order valence-corrected chi connectivity index (χ0v) is 15.7. The van der Waals surface area contributed by atoms with E-state index in [1.165, 1.54) is 7.11 Å². The highest BCUT2D eigenvalue weighted by atomic mass is 16.5. The van der Waals surface area contributed by atoms with E-state index in [4.69, 9.17) is 4.74 Å². The van der Waals surface area contributed by atoms with Gasteiger partial charge in [-0.1, -0.05) is 53.3 Å². The summed E-state index contributed by atoms with van der Waals surface area (Å²) in [6.45, 7) is 17.4. The van der Waals surface area contributed by atoms with Gasteiger partial charge >= 0.3 is 11.9 Å². The lowest BCUT2D eigenvalue weighted by Crippen LogP contribution is -2.42. The minimum Gasteiger partial charge on any atom is -0.465 e. The summed E-state index contributed by atoms with van der Waals surface area (Å²) in [6.07, 6.45) is 1.56. The van der Waals surface area contributed by atoms with Crippen LogP contribution in [0.4, 0.5) is 0 Å². The van der Waals surface area contributed by atoms with E-state index in [0.717, 1.165) is 0 Å². The molecule has 0 unspecified atom stereocenters. The number of ether oxygens (including phenoxy) is 2. The maximum atomic E-state index is 12.4. The number of esters is 2. The minimum atomic E-state index is -0.528. The van der Waals surface area contributed by atoms with Gasteiger partial charge in [-0.2, -0.15) is 0 Å². The first-order valence-electron chi connectivity index (χ1n) is 7.71. The van der Waals surface area contributed by atoms with Gasteiger partial charge in [0.1, 0.15) is 6.10 Å². The third-order valence-electron chi connectivity index (χ3n) is 3.22. The van der Waals surface area contributed by atoms with Crippen molar-refractivity contribution in [3.63, 3.8) is 0 Å². The number of carbonyl (C=O) groups excluding carboxylic acids is 2. The second-order valence-corrected chi connectivity index (χ2v) is 7.73. The highest BCUT2D eigenvalue weighted by Gasteiger charge is 2.38. The Morgan fingerprint density at radius 2 is 1.57 bits per heavy atom. The highest BCUT2D eigenvalue weighted by molar-refractivity contribution is 5.92. The maximum Gasteiger partial charge on any atom is 0.341 e. The number of methoxy groups -OCH3 is 1. The van der Waals surface area contributed by atoms with Gasteiger partial charge in [-0.25, -0.2) is 9.59 Å². The Labute approximate surface area is 140 Å². The first kappa shape index (κ1) is 21.2. The fourth-order valence-electron chi connectivity index (χ4n) is 2.58. The summed E-state index contributed by atoms with van der Waals surface area (Å²) < 4.78 is 10.4. The number of carbonyl (C=O) groups is 2. The molecule has 0 N–H and O–H groups in total. The van der Waals surface area contributed by atoms with Crippen molar-refractivity contribution < 1.29 is 19.1 Å². The van der Waals surface area contributed by atoms with Gasteiger partial charge < -0.3 is 9.47 Å². The number of hydrogen-bond donors (Lipinski definition) is 0. The molecule has 0 atom stereocenters.